The van der Waals surface area contributed by atoms with Crippen molar-refractivity contribution in [3.8, 4) is 0 Å². The molecule has 2 aromatic rings. The van der Waals surface area contributed by atoms with Crippen LogP contribution in [0.4, 0.5) is 5.69 Å². The highest BCUT2D eigenvalue weighted by atomic mass is 32.2. The van der Waals surface area contributed by atoms with Crippen LogP contribution in [-0.2, 0) is 14.8 Å². The highest BCUT2D eigenvalue weighted by Crippen LogP contribution is 2.24. The number of aryl methyl sites for hydroxylation is 1. The molecule has 1 amide bonds. The molecule has 0 saturated heterocycles. The standard InChI is InChI=1S/C17H21N3O3S2/c1-12-6-5-7-14(10-12)19-17(21)13(2)24-16-9-8-15(11-18-16)25(22,23)20(3)4/h5-11,13H,1-4H3,(H,19,21)/t13-/m1/s1. The molecule has 1 heterocycles. The van der Waals surface area contributed by atoms with Crippen molar-refractivity contribution in [1.29, 1.82) is 0 Å². The van der Waals surface area contributed by atoms with Gasteiger partial charge in [-0.05, 0) is 43.7 Å². The molecule has 8 heteroatoms. The number of pyridine rings is 1. The van der Waals surface area contributed by atoms with Crippen molar-refractivity contribution in [2.75, 3.05) is 19.4 Å². The zero-order valence-corrected chi connectivity index (χ0v) is 16.2. The molecule has 6 nitrogen and oxygen atoms in total. The predicted molar refractivity (Wildman–Crippen MR) is 100 cm³/mol. The van der Waals surface area contributed by atoms with Gasteiger partial charge in [0.2, 0.25) is 15.9 Å². The molecule has 0 unspecified atom stereocenters. The summed E-state index contributed by atoms with van der Waals surface area (Å²) < 4.78 is 25.2. The summed E-state index contributed by atoms with van der Waals surface area (Å²) in [5.41, 5.74) is 1.82. The second-order valence-electron chi connectivity index (χ2n) is 5.74. The van der Waals surface area contributed by atoms with Crippen molar-refractivity contribution < 1.29 is 13.2 Å². The Morgan fingerprint density at radius 2 is 1.96 bits per heavy atom. The monoisotopic (exact) mass is 379 g/mol. The molecule has 0 aliphatic carbocycles. The number of anilines is 1. The van der Waals surface area contributed by atoms with E-state index >= 15 is 0 Å². The molecule has 134 valence electrons. The predicted octanol–water partition coefficient (Wildman–Crippen LogP) is 2.76. The Morgan fingerprint density at radius 3 is 2.52 bits per heavy atom. The quantitative estimate of drug-likeness (QED) is 0.781. The van der Waals surface area contributed by atoms with Gasteiger partial charge in [-0.15, -0.1) is 0 Å². The fourth-order valence-electron chi connectivity index (χ4n) is 2.00. The van der Waals surface area contributed by atoms with E-state index in [9.17, 15) is 13.2 Å². The molecular formula is C17H21N3O3S2. The summed E-state index contributed by atoms with van der Waals surface area (Å²) >= 11 is 1.27. The summed E-state index contributed by atoms with van der Waals surface area (Å²) in [6.45, 7) is 3.74. The van der Waals surface area contributed by atoms with Gasteiger partial charge in [-0.2, -0.15) is 0 Å². The van der Waals surface area contributed by atoms with Gasteiger partial charge in [-0.1, -0.05) is 23.9 Å². The number of carbonyl (C=O) groups excluding carboxylic acids is 1. The summed E-state index contributed by atoms with van der Waals surface area (Å²) in [5, 5.41) is 3.08. The second kappa shape index (κ2) is 7.99. The molecule has 1 aromatic carbocycles. The third-order valence-electron chi connectivity index (χ3n) is 3.44. The average Bonchev–Trinajstić information content (AvgIpc) is 2.55. The van der Waals surface area contributed by atoms with E-state index < -0.39 is 10.0 Å². The van der Waals surface area contributed by atoms with E-state index in [1.807, 2.05) is 31.2 Å². The lowest BCUT2D eigenvalue weighted by Crippen LogP contribution is -2.23. The largest absolute Gasteiger partial charge is 0.325 e. The lowest BCUT2D eigenvalue weighted by atomic mass is 10.2. The summed E-state index contributed by atoms with van der Waals surface area (Å²) in [7, 11) is -0.565. The molecule has 2 rings (SSSR count). The molecule has 0 aliphatic rings. The zero-order chi connectivity index (χ0) is 18.6. The van der Waals surface area contributed by atoms with Gasteiger partial charge in [0.05, 0.1) is 10.3 Å². The fourth-order valence-corrected chi connectivity index (χ4v) is 3.64. The van der Waals surface area contributed by atoms with Gasteiger partial charge in [0.1, 0.15) is 4.90 Å². The molecule has 0 spiro atoms. The van der Waals surface area contributed by atoms with Gasteiger partial charge < -0.3 is 5.32 Å². The van der Waals surface area contributed by atoms with E-state index in [1.165, 1.54) is 38.1 Å². The number of hydrogen-bond donors (Lipinski definition) is 1. The first kappa shape index (κ1) is 19.4. The number of nitrogens with zero attached hydrogens (tertiary/aromatic N) is 2. The minimum Gasteiger partial charge on any atom is -0.325 e. The van der Waals surface area contributed by atoms with E-state index in [0.717, 1.165) is 15.6 Å². The SMILES string of the molecule is Cc1cccc(NC(=O)[C@@H](C)Sc2ccc(S(=O)(=O)N(C)C)cn2)c1. The molecule has 1 N–H and O–H groups in total. The molecule has 25 heavy (non-hydrogen) atoms. The van der Waals surface area contributed by atoms with Crippen molar-refractivity contribution in [2.24, 2.45) is 0 Å². The van der Waals surface area contributed by atoms with Gasteiger partial charge >= 0.3 is 0 Å². The first-order valence-electron chi connectivity index (χ1n) is 7.63. The number of carbonyl (C=O) groups is 1. The van der Waals surface area contributed by atoms with Crippen LogP contribution in [0.3, 0.4) is 0 Å². The Bertz CT molecular complexity index is 850. The number of amides is 1. The van der Waals surface area contributed by atoms with Crippen molar-refractivity contribution >= 4 is 33.4 Å². The molecular weight excluding hydrogens is 358 g/mol. The number of hydrogen-bond acceptors (Lipinski definition) is 5. The van der Waals surface area contributed by atoms with Crippen LogP contribution in [0.1, 0.15) is 12.5 Å². The number of rotatable bonds is 6. The number of nitrogens with one attached hydrogen (secondary N) is 1. The fraction of sp³-hybridized carbons (Fsp3) is 0.294. The van der Waals surface area contributed by atoms with Crippen LogP contribution in [0.5, 0.6) is 0 Å². The Morgan fingerprint density at radius 1 is 1.24 bits per heavy atom. The molecule has 1 aromatic heterocycles. The highest BCUT2D eigenvalue weighted by Gasteiger charge is 2.19. The number of sulfonamides is 1. The summed E-state index contributed by atoms with van der Waals surface area (Å²) in [4.78, 5) is 16.6. The number of aromatic nitrogens is 1. The van der Waals surface area contributed by atoms with Gasteiger partial charge in [0, 0.05) is 26.0 Å². The topological polar surface area (TPSA) is 79.4 Å². The van der Waals surface area contributed by atoms with Crippen LogP contribution in [0, 0.1) is 6.92 Å². The van der Waals surface area contributed by atoms with Crippen molar-refractivity contribution in [3.63, 3.8) is 0 Å². The lowest BCUT2D eigenvalue weighted by Gasteiger charge is -2.13. The smallest absolute Gasteiger partial charge is 0.244 e. The summed E-state index contributed by atoms with van der Waals surface area (Å²) in [6, 6.07) is 10.7. The first-order chi connectivity index (χ1) is 11.7. The third-order valence-corrected chi connectivity index (χ3v) is 6.29. The normalized spacial score (nSPS) is 12.8. The van der Waals surface area contributed by atoms with Crippen LogP contribution >= 0.6 is 11.8 Å². The van der Waals surface area contributed by atoms with Gasteiger partial charge in [0.15, 0.2) is 0 Å². The minimum atomic E-state index is -3.50. The van der Waals surface area contributed by atoms with E-state index in [4.69, 9.17) is 0 Å². The lowest BCUT2D eigenvalue weighted by molar-refractivity contribution is -0.115. The molecule has 1 atom stereocenters. The van der Waals surface area contributed by atoms with Crippen molar-refractivity contribution in [3.05, 3.63) is 48.2 Å². The van der Waals surface area contributed by atoms with E-state index in [1.54, 1.807) is 13.0 Å². The Balaban J connectivity index is 2.03. The Labute approximate surface area is 152 Å². The second-order valence-corrected chi connectivity index (χ2v) is 9.25. The first-order valence-corrected chi connectivity index (χ1v) is 9.95. The molecule has 0 radical (unpaired) electrons. The van der Waals surface area contributed by atoms with Crippen molar-refractivity contribution in [1.82, 2.24) is 9.29 Å². The van der Waals surface area contributed by atoms with E-state index in [-0.39, 0.29) is 16.1 Å². The molecule has 0 fully saturated rings. The summed E-state index contributed by atoms with van der Waals surface area (Å²) in [5.74, 6) is -0.137. The maximum atomic E-state index is 12.3. The molecule has 0 saturated carbocycles. The summed E-state index contributed by atoms with van der Waals surface area (Å²) in [6.07, 6.45) is 1.31. The van der Waals surface area contributed by atoms with E-state index in [0.29, 0.717) is 5.03 Å². The Hall–Kier alpha value is -1.90. The van der Waals surface area contributed by atoms with Crippen LogP contribution in [0.2, 0.25) is 0 Å². The van der Waals surface area contributed by atoms with Crippen LogP contribution in [0.15, 0.2) is 52.5 Å². The van der Waals surface area contributed by atoms with Gasteiger partial charge in [0.25, 0.3) is 0 Å². The van der Waals surface area contributed by atoms with Crippen LogP contribution < -0.4 is 5.32 Å². The highest BCUT2D eigenvalue weighted by molar-refractivity contribution is 8.00. The van der Waals surface area contributed by atoms with Gasteiger partial charge in [-0.25, -0.2) is 17.7 Å². The maximum absolute atomic E-state index is 12.3. The molecule has 0 bridgehead atoms. The Kier molecular flexibility index (Phi) is 6.21. The van der Waals surface area contributed by atoms with Crippen LogP contribution in [-0.4, -0.2) is 43.0 Å². The third kappa shape index (κ3) is 5.04. The minimum absolute atomic E-state index is 0.124. The number of thioether (sulfide) groups is 1. The maximum Gasteiger partial charge on any atom is 0.244 e. The van der Waals surface area contributed by atoms with Crippen LogP contribution in [0.25, 0.3) is 0 Å². The van der Waals surface area contributed by atoms with Crippen molar-refractivity contribution in [2.45, 2.75) is 29.0 Å². The molecule has 0 aliphatic heterocycles. The zero-order valence-electron chi connectivity index (χ0n) is 14.6. The van der Waals surface area contributed by atoms with E-state index in [2.05, 4.69) is 10.3 Å². The average molecular weight is 380 g/mol. The van der Waals surface area contributed by atoms with Gasteiger partial charge in [-0.3, -0.25) is 4.79 Å². The number of benzene rings is 1.